The molecule has 0 aromatic heterocycles. The largest absolute Gasteiger partial charge is 0.398 e. The molecule has 1 aromatic rings. The van der Waals surface area contributed by atoms with Crippen LogP contribution in [0.5, 0.6) is 0 Å². The van der Waals surface area contributed by atoms with Gasteiger partial charge in [0, 0.05) is 25.3 Å². The molecule has 18 heavy (non-hydrogen) atoms. The number of anilines is 1. The molecule has 1 aliphatic heterocycles. The fourth-order valence-corrected chi connectivity index (χ4v) is 2.08. The summed E-state index contributed by atoms with van der Waals surface area (Å²) in [7, 11) is 0. The van der Waals surface area contributed by atoms with Gasteiger partial charge in [0.25, 0.3) is 5.91 Å². The van der Waals surface area contributed by atoms with E-state index in [1.807, 2.05) is 6.07 Å². The van der Waals surface area contributed by atoms with Crippen LogP contribution in [0.15, 0.2) is 18.2 Å². The van der Waals surface area contributed by atoms with Crippen molar-refractivity contribution >= 4 is 11.6 Å². The molecule has 1 aromatic carbocycles. The third-order valence-corrected chi connectivity index (χ3v) is 3.20. The van der Waals surface area contributed by atoms with E-state index in [1.54, 1.807) is 12.1 Å². The Bertz CT molecular complexity index is 428. The van der Waals surface area contributed by atoms with Gasteiger partial charge in [-0.15, -0.1) is 0 Å². The molecular weight excluding hydrogens is 230 g/mol. The Morgan fingerprint density at radius 1 is 1.33 bits per heavy atom. The third kappa shape index (κ3) is 3.21. The summed E-state index contributed by atoms with van der Waals surface area (Å²) in [5.74, 6) is -0.472. The van der Waals surface area contributed by atoms with Gasteiger partial charge >= 0.3 is 0 Å². The number of carbonyl (C=O) groups excluding carboxylic acids is 1. The molecule has 1 amide bonds. The molecule has 0 aliphatic carbocycles. The molecule has 0 unspecified atom stereocenters. The van der Waals surface area contributed by atoms with Gasteiger partial charge in [0.05, 0.1) is 18.8 Å². The Balaban J connectivity index is 1.96. The van der Waals surface area contributed by atoms with E-state index < -0.39 is 5.91 Å². The molecule has 1 heterocycles. The SMILES string of the molecule is NC(=O)c1cc(CCN2CCOCC2)ccc1N. The van der Waals surface area contributed by atoms with Crippen molar-refractivity contribution in [1.82, 2.24) is 4.90 Å². The van der Waals surface area contributed by atoms with Crippen LogP contribution < -0.4 is 11.5 Å². The van der Waals surface area contributed by atoms with Crippen molar-refractivity contribution in [2.75, 3.05) is 38.6 Å². The summed E-state index contributed by atoms with van der Waals surface area (Å²) in [6, 6.07) is 5.48. The van der Waals surface area contributed by atoms with Crippen molar-refractivity contribution in [2.24, 2.45) is 5.73 Å². The molecule has 1 aliphatic rings. The number of nitrogen functional groups attached to an aromatic ring is 1. The van der Waals surface area contributed by atoms with Gasteiger partial charge in [-0.1, -0.05) is 6.07 Å². The lowest BCUT2D eigenvalue weighted by Gasteiger charge is -2.26. The van der Waals surface area contributed by atoms with Crippen LogP contribution >= 0.6 is 0 Å². The summed E-state index contributed by atoms with van der Waals surface area (Å²) >= 11 is 0. The highest BCUT2D eigenvalue weighted by Crippen LogP contribution is 2.14. The normalized spacial score (nSPS) is 16.7. The Morgan fingerprint density at radius 3 is 2.72 bits per heavy atom. The van der Waals surface area contributed by atoms with Gasteiger partial charge in [-0.25, -0.2) is 0 Å². The number of rotatable bonds is 4. The standard InChI is InChI=1S/C13H19N3O2/c14-12-2-1-10(9-11(12)13(15)17)3-4-16-5-7-18-8-6-16/h1-2,9H,3-8,14H2,(H2,15,17). The summed E-state index contributed by atoms with van der Waals surface area (Å²) in [6.07, 6.45) is 0.889. The minimum Gasteiger partial charge on any atom is -0.398 e. The molecular formula is C13H19N3O2. The van der Waals surface area contributed by atoms with Gasteiger partial charge in [0.15, 0.2) is 0 Å². The van der Waals surface area contributed by atoms with Crippen LogP contribution in [0.1, 0.15) is 15.9 Å². The number of hydrogen-bond donors (Lipinski definition) is 2. The van der Waals surface area contributed by atoms with E-state index in [0.717, 1.165) is 44.8 Å². The van der Waals surface area contributed by atoms with Gasteiger partial charge in [0.1, 0.15) is 0 Å². The van der Waals surface area contributed by atoms with Crippen LogP contribution in [0.4, 0.5) is 5.69 Å². The fourth-order valence-electron chi connectivity index (χ4n) is 2.08. The first-order valence-corrected chi connectivity index (χ1v) is 6.15. The van der Waals surface area contributed by atoms with Gasteiger partial charge in [-0.05, 0) is 24.1 Å². The summed E-state index contributed by atoms with van der Waals surface area (Å²) in [4.78, 5) is 13.5. The molecule has 1 fully saturated rings. The van der Waals surface area contributed by atoms with E-state index in [4.69, 9.17) is 16.2 Å². The quantitative estimate of drug-likeness (QED) is 0.749. The van der Waals surface area contributed by atoms with Gasteiger partial charge in [-0.3, -0.25) is 9.69 Å². The molecule has 0 radical (unpaired) electrons. The Kier molecular flexibility index (Phi) is 4.17. The lowest BCUT2D eigenvalue weighted by Crippen LogP contribution is -2.37. The molecule has 1 saturated heterocycles. The average molecular weight is 249 g/mol. The highest BCUT2D eigenvalue weighted by molar-refractivity contribution is 5.98. The lowest BCUT2D eigenvalue weighted by atomic mass is 10.1. The monoisotopic (exact) mass is 249 g/mol. The van der Waals surface area contributed by atoms with E-state index >= 15 is 0 Å². The maximum Gasteiger partial charge on any atom is 0.250 e. The van der Waals surface area contributed by atoms with Crippen LogP contribution in [0.2, 0.25) is 0 Å². The first-order valence-electron chi connectivity index (χ1n) is 6.15. The number of primary amides is 1. The van der Waals surface area contributed by atoms with E-state index in [1.165, 1.54) is 0 Å². The van der Waals surface area contributed by atoms with E-state index in [-0.39, 0.29) is 0 Å². The van der Waals surface area contributed by atoms with E-state index in [0.29, 0.717) is 11.3 Å². The second-order valence-corrected chi connectivity index (χ2v) is 4.49. The molecule has 5 heteroatoms. The van der Waals surface area contributed by atoms with Crippen LogP contribution in [-0.2, 0) is 11.2 Å². The molecule has 2 rings (SSSR count). The van der Waals surface area contributed by atoms with Crippen LogP contribution in [0.3, 0.4) is 0 Å². The Labute approximate surface area is 107 Å². The van der Waals surface area contributed by atoms with Crippen molar-refractivity contribution in [3.05, 3.63) is 29.3 Å². The number of carbonyl (C=O) groups is 1. The van der Waals surface area contributed by atoms with Crippen molar-refractivity contribution in [1.29, 1.82) is 0 Å². The van der Waals surface area contributed by atoms with Crippen molar-refractivity contribution < 1.29 is 9.53 Å². The number of hydrogen-bond acceptors (Lipinski definition) is 4. The lowest BCUT2D eigenvalue weighted by molar-refractivity contribution is 0.0384. The summed E-state index contributed by atoms with van der Waals surface area (Å²) in [5.41, 5.74) is 12.9. The first-order chi connectivity index (χ1) is 8.66. The van der Waals surface area contributed by atoms with Crippen LogP contribution in [0, 0.1) is 0 Å². The minimum absolute atomic E-state index is 0.412. The molecule has 0 bridgehead atoms. The van der Waals surface area contributed by atoms with Crippen molar-refractivity contribution in [3.8, 4) is 0 Å². The molecule has 0 atom stereocenters. The highest BCUT2D eigenvalue weighted by atomic mass is 16.5. The number of nitrogens with two attached hydrogens (primary N) is 2. The molecule has 4 N–H and O–H groups in total. The zero-order valence-electron chi connectivity index (χ0n) is 10.4. The second kappa shape index (κ2) is 5.84. The average Bonchev–Trinajstić information content (AvgIpc) is 2.38. The van der Waals surface area contributed by atoms with Gasteiger partial charge in [0.2, 0.25) is 0 Å². The van der Waals surface area contributed by atoms with Crippen LogP contribution in [-0.4, -0.2) is 43.7 Å². The van der Waals surface area contributed by atoms with E-state index in [2.05, 4.69) is 4.90 Å². The summed E-state index contributed by atoms with van der Waals surface area (Å²) < 4.78 is 5.30. The van der Waals surface area contributed by atoms with Crippen molar-refractivity contribution in [3.63, 3.8) is 0 Å². The Morgan fingerprint density at radius 2 is 2.06 bits per heavy atom. The molecule has 5 nitrogen and oxygen atoms in total. The zero-order valence-corrected chi connectivity index (χ0v) is 10.4. The first kappa shape index (κ1) is 12.9. The highest BCUT2D eigenvalue weighted by Gasteiger charge is 2.11. The maximum atomic E-state index is 11.2. The maximum absolute atomic E-state index is 11.2. The number of amides is 1. The summed E-state index contributed by atoms with van der Waals surface area (Å²) in [6.45, 7) is 4.50. The predicted octanol–water partition coefficient (Wildman–Crippen LogP) is 0.242. The number of nitrogens with zero attached hydrogens (tertiary/aromatic N) is 1. The third-order valence-electron chi connectivity index (χ3n) is 3.20. The molecule has 0 saturated carbocycles. The topological polar surface area (TPSA) is 81.6 Å². The Hall–Kier alpha value is -1.59. The fraction of sp³-hybridized carbons (Fsp3) is 0.462. The second-order valence-electron chi connectivity index (χ2n) is 4.49. The zero-order chi connectivity index (χ0) is 13.0. The van der Waals surface area contributed by atoms with Gasteiger partial charge < -0.3 is 16.2 Å². The number of morpholine rings is 1. The number of benzene rings is 1. The minimum atomic E-state index is -0.472. The predicted molar refractivity (Wildman–Crippen MR) is 70.3 cm³/mol. The smallest absolute Gasteiger partial charge is 0.250 e. The van der Waals surface area contributed by atoms with Crippen molar-refractivity contribution in [2.45, 2.75) is 6.42 Å². The summed E-state index contributed by atoms with van der Waals surface area (Å²) in [5, 5.41) is 0. The van der Waals surface area contributed by atoms with E-state index in [9.17, 15) is 4.79 Å². The molecule has 98 valence electrons. The van der Waals surface area contributed by atoms with Crippen LogP contribution in [0.25, 0.3) is 0 Å². The number of ether oxygens (including phenoxy) is 1. The molecule has 0 spiro atoms. The van der Waals surface area contributed by atoms with Gasteiger partial charge in [-0.2, -0.15) is 0 Å².